The molecule has 0 spiro atoms. The van der Waals surface area contributed by atoms with Gasteiger partial charge in [0.05, 0.1) is 12.1 Å². The van der Waals surface area contributed by atoms with E-state index in [-0.39, 0.29) is 24.0 Å². The molecule has 1 rings (SSSR count). The lowest BCUT2D eigenvalue weighted by atomic mass is 10.1. The number of oxime groups is 1. The molecule has 0 fully saturated rings. The molecule has 3 N–H and O–H groups in total. The molecule has 104 valence electrons. The van der Waals surface area contributed by atoms with E-state index in [0.717, 1.165) is 0 Å². The number of carbonyl (C=O) groups is 1. The minimum Gasteiger partial charge on any atom is -0.409 e. The van der Waals surface area contributed by atoms with Gasteiger partial charge < -0.3 is 15.8 Å². The van der Waals surface area contributed by atoms with E-state index in [1.54, 1.807) is 13.8 Å². The number of hydrogen-bond acceptors (Lipinski definition) is 3. The lowest BCUT2D eigenvalue weighted by Gasteiger charge is -2.26. The zero-order valence-corrected chi connectivity index (χ0v) is 12.2. The van der Waals surface area contributed by atoms with E-state index in [2.05, 4.69) is 21.1 Å². The van der Waals surface area contributed by atoms with E-state index in [1.165, 1.54) is 23.1 Å². The first-order valence-electron chi connectivity index (χ1n) is 5.59. The van der Waals surface area contributed by atoms with Gasteiger partial charge in [0.2, 0.25) is 0 Å². The van der Waals surface area contributed by atoms with Crippen molar-refractivity contribution in [3.05, 3.63) is 34.1 Å². The van der Waals surface area contributed by atoms with Crippen molar-refractivity contribution >= 4 is 27.7 Å². The van der Waals surface area contributed by atoms with E-state index >= 15 is 0 Å². The monoisotopic (exact) mass is 331 g/mol. The first kappa shape index (κ1) is 15.4. The van der Waals surface area contributed by atoms with Crippen LogP contribution in [-0.4, -0.2) is 34.4 Å². The van der Waals surface area contributed by atoms with E-state index in [9.17, 15) is 9.18 Å². The summed E-state index contributed by atoms with van der Waals surface area (Å²) in [7, 11) is 0. The third-order valence-corrected chi connectivity index (χ3v) is 3.00. The molecular formula is C12H15BrFN3O2. The molecule has 0 saturated carbocycles. The van der Waals surface area contributed by atoms with Gasteiger partial charge in [0.25, 0.3) is 5.91 Å². The molecule has 0 aliphatic heterocycles. The second kappa shape index (κ2) is 6.51. The van der Waals surface area contributed by atoms with Crippen molar-refractivity contribution in [1.82, 2.24) is 4.90 Å². The average molecular weight is 332 g/mol. The Hall–Kier alpha value is -1.63. The van der Waals surface area contributed by atoms with Gasteiger partial charge >= 0.3 is 0 Å². The molecule has 0 aliphatic rings. The Morgan fingerprint density at radius 2 is 2.21 bits per heavy atom. The largest absolute Gasteiger partial charge is 0.409 e. The lowest BCUT2D eigenvalue weighted by Crippen LogP contribution is -2.43. The summed E-state index contributed by atoms with van der Waals surface area (Å²) < 4.78 is 14.3. The Kier molecular flexibility index (Phi) is 5.29. The van der Waals surface area contributed by atoms with Crippen LogP contribution in [0.4, 0.5) is 4.39 Å². The highest BCUT2D eigenvalue weighted by molar-refractivity contribution is 9.10. The molecule has 19 heavy (non-hydrogen) atoms. The van der Waals surface area contributed by atoms with Gasteiger partial charge in [-0.2, -0.15) is 0 Å². The maximum absolute atomic E-state index is 13.7. The van der Waals surface area contributed by atoms with Gasteiger partial charge in [0.15, 0.2) is 5.84 Å². The van der Waals surface area contributed by atoms with Gasteiger partial charge in [-0.05, 0) is 32.0 Å². The predicted molar refractivity (Wildman–Crippen MR) is 73.7 cm³/mol. The Labute approximate surface area is 119 Å². The van der Waals surface area contributed by atoms with Crippen LogP contribution in [-0.2, 0) is 0 Å². The first-order valence-corrected chi connectivity index (χ1v) is 6.38. The number of carbonyl (C=O) groups excluding carboxylic acids is 1. The minimum absolute atomic E-state index is 0.0613. The highest BCUT2D eigenvalue weighted by atomic mass is 79.9. The molecule has 1 aromatic rings. The lowest BCUT2D eigenvalue weighted by molar-refractivity contribution is 0.0729. The third-order valence-electron chi connectivity index (χ3n) is 2.50. The summed E-state index contributed by atoms with van der Waals surface area (Å²) >= 11 is 3.19. The van der Waals surface area contributed by atoms with Crippen LogP contribution in [0.3, 0.4) is 0 Å². The molecule has 7 heteroatoms. The van der Waals surface area contributed by atoms with Crippen LogP contribution in [0.5, 0.6) is 0 Å². The molecule has 0 aliphatic carbocycles. The van der Waals surface area contributed by atoms with Gasteiger partial charge in [-0.15, -0.1) is 0 Å². The van der Waals surface area contributed by atoms with Crippen LogP contribution in [0, 0.1) is 5.82 Å². The normalized spacial score (nSPS) is 11.7. The Bertz CT molecular complexity index is 506. The molecular weight excluding hydrogens is 317 g/mol. The summed E-state index contributed by atoms with van der Waals surface area (Å²) in [4.78, 5) is 13.6. The van der Waals surface area contributed by atoms with Crippen molar-refractivity contribution in [3.8, 4) is 0 Å². The van der Waals surface area contributed by atoms with E-state index in [4.69, 9.17) is 10.9 Å². The first-order chi connectivity index (χ1) is 8.86. The van der Waals surface area contributed by atoms with Gasteiger partial charge in [0.1, 0.15) is 5.82 Å². The summed E-state index contributed by atoms with van der Waals surface area (Å²) in [6, 6.07) is 3.90. The Morgan fingerprint density at radius 3 is 2.74 bits per heavy atom. The summed E-state index contributed by atoms with van der Waals surface area (Å²) in [6.07, 6.45) is 0. The smallest absolute Gasteiger partial charge is 0.257 e. The van der Waals surface area contributed by atoms with Crippen LogP contribution >= 0.6 is 15.9 Å². The van der Waals surface area contributed by atoms with Crippen molar-refractivity contribution in [1.29, 1.82) is 0 Å². The highest BCUT2D eigenvalue weighted by Gasteiger charge is 2.22. The van der Waals surface area contributed by atoms with Crippen molar-refractivity contribution in [2.75, 3.05) is 6.54 Å². The quantitative estimate of drug-likeness (QED) is 0.384. The van der Waals surface area contributed by atoms with Crippen LogP contribution in [0.25, 0.3) is 0 Å². The fourth-order valence-corrected chi connectivity index (χ4v) is 1.87. The van der Waals surface area contributed by atoms with Crippen molar-refractivity contribution < 1.29 is 14.4 Å². The van der Waals surface area contributed by atoms with E-state index in [0.29, 0.717) is 4.47 Å². The van der Waals surface area contributed by atoms with Gasteiger partial charge in [-0.3, -0.25) is 4.79 Å². The minimum atomic E-state index is -0.613. The molecule has 0 radical (unpaired) electrons. The molecule has 0 saturated heterocycles. The predicted octanol–water partition coefficient (Wildman–Crippen LogP) is 2.19. The third kappa shape index (κ3) is 3.92. The molecule has 0 bridgehead atoms. The highest BCUT2D eigenvalue weighted by Crippen LogP contribution is 2.18. The molecule has 0 aromatic heterocycles. The molecule has 1 aromatic carbocycles. The van der Waals surface area contributed by atoms with Crippen molar-refractivity contribution in [2.45, 2.75) is 19.9 Å². The number of amidine groups is 1. The van der Waals surface area contributed by atoms with Gasteiger partial charge in [-0.1, -0.05) is 21.1 Å². The van der Waals surface area contributed by atoms with Crippen LogP contribution in [0.2, 0.25) is 0 Å². The SMILES string of the molecule is CC(C)N(CC(N)=NO)C(=O)c1cc(Br)ccc1F. The average Bonchev–Trinajstić information content (AvgIpc) is 2.37. The maximum atomic E-state index is 13.7. The molecule has 0 atom stereocenters. The van der Waals surface area contributed by atoms with Crippen molar-refractivity contribution in [3.63, 3.8) is 0 Å². The fraction of sp³-hybridized carbons (Fsp3) is 0.333. The fourth-order valence-electron chi connectivity index (χ4n) is 1.51. The standard InChI is InChI=1S/C12H15BrFN3O2/c1-7(2)17(6-11(15)16-19)12(18)9-5-8(13)3-4-10(9)14/h3-5,7,19H,6H2,1-2H3,(H2,15,16). The number of amides is 1. The zero-order chi connectivity index (χ0) is 14.6. The van der Waals surface area contributed by atoms with Crippen LogP contribution in [0.1, 0.15) is 24.2 Å². The van der Waals surface area contributed by atoms with Crippen LogP contribution in [0.15, 0.2) is 27.8 Å². The van der Waals surface area contributed by atoms with Crippen molar-refractivity contribution in [2.24, 2.45) is 10.9 Å². The Balaban J connectivity index is 3.09. The summed E-state index contributed by atoms with van der Waals surface area (Å²) in [5.41, 5.74) is 5.34. The number of nitrogens with two attached hydrogens (primary N) is 1. The number of hydrogen-bond donors (Lipinski definition) is 2. The number of nitrogens with zero attached hydrogens (tertiary/aromatic N) is 2. The molecule has 0 unspecified atom stereocenters. The summed E-state index contributed by atoms with van der Waals surface area (Å²) in [5.74, 6) is -1.24. The summed E-state index contributed by atoms with van der Waals surface area (Å²) in [5, 5.41) is 11.4. The number of rotatable bonds is 4. The topological polar surface area (TPSA) is 78.9 Å². The van der Waals surface area contributed by atoms with Gasteiger partial charge in [-0.25, -0.2) is 4.39 Å². The molecule has 0 heterocycles. The van der Waals surface area contributed by atoms with E-state index < -0.39 is 11.7 Å². The molecule has 5 nitrogen and oxygen atoms in total. The van der Waals surface area contributed by atoms with Gasteiger partial charge in [0, 0.05) is 10.5 Å². The van der Waals surface area contributed by atoms with E-state index in [1.807, 2.05) is 0 Å². The second-order valence-corrected chi connectivity index (χ2v) is 5.16. The number of benzene rings is 1. The summed E-state index contributed by atoms with van der Waals surface area (Å²) in [6.45, 7) is 3.45. The Morgan fingerprint density at radius 1 is 1.58 bits per heavy atom. The second-order valence-electron chi connectivity index (χ2n) is 4.24. The maximum Gasteiger partial charge on any atom is 0.257 e. The molecule has 1 amide bonds. The van der Waals surface area contributed by atoms with Crippen LogP contribution < -0.4 is 5.73 Å². The zero-order valence-electron chi connectivity index (χ0n) is 10.6. The number of halogens is 2.